The van der Waals surface area contributed by atoms with E-state index >= 15 is 0 Å². The molecule has 2 N–H and O–H groups in total. The normalized spacial score (nSPS) is 10.2. The number of thiazole rings is 1. The second-order valence-corrected chi connectivity index (χ2v) is 5.54. The van der Waals surface area contributed by atoms with Gasteiger partial charge in [-0.05, 0) is 12.1 Å². The minimum absolute atomic E-state index is 0.413. The number of hydrogen-bond acceptors (Lipinski definition) is 6. The van der Waals surface area contributed by atoms with Crippen molar-refractivity contribution in [1.82, 2.24) is 4.98 Å². The molecule has 2 rings (SSSR count). The van der Waals surface area contributed by atoms with Crippen LogP contribution in [-0.2, 0) is 15.3 Å². The van der Waals surface area contributed by atoms with Crippen LogP contribution in [-0.4, -0.2) is 23.5 Å². The molecule has 0 atom stereocenters. The van der Waals surface area contributed by atoms with Crippen molar-refractivity contribution in [3.05, 3.63) is 46.4 Å². The van der Waals surface area contributed by atoms with Crippen molar-refractivity contribution in [2.45, 2.75) is 10.6 Å². The predicted molar refractivity (Wildman–Crippen MR) is 77.6 cm³/mol. The Balaban J connectivity index is 2.05. The molecule has 0 saturated heterocycles. The lowest BCUT2D eigenvalue weighted by atomic mass is 10.2. The largest absolute Gasteiger partial charge is 0.452 e. The summed E-state index contributed by atoms with van der Waals surface area (Å²) in [5, 5.41) is 1.96. The molecule has 1 amide bonds. The first-order valence-electron chi connectivity index (χ1n) is 5.71. The van der Waals surface area contributed by atoms with Crippen molar-refractivity contribution in [3.63, 3.8) is 0 Å². The molecule has 0 saturated carbocycles. The van der Waals surface area contributed by atoms with Crippen LogP contribution in [0.5, 0.6) is 0 Å². The quantitative estimate of drug-likeness (QED) is 0.652. The molecule has 7 heteroatoms. The summed E-state index contributed by atoms with van der Waals surface area (Å²) < 4.78 is 4.83. The highest BCUT2D eigenvalue weighted by Gasteiger charge is 2.13. The van der Waals surface area contributed by atoms with Gasteiger partial charge in [0, 0.05) is 16.0 Å². The van der Waals surface area contributed by atoms with Gasteiger partial charge in [-0.15, -0.1) is 23.1 Å². The second-order valence-electron chi connectivity index (χ2n) is 3.81. The Morgan fingerprint density at radius 1 is 1.35 bits per heavy atom. The number of primary amides is 1. The molecule has 1 aromatic heterocycles. The first kappa shape index (κ1) is 14.5. The molecule has 2 aromatic rings. The number of thioether (sulfide) groups is 1. The SMILES string of the molecule is NC(=O)COC(=O)c1ccccc1SCc1cscn1. The maximum absolute atomic E-state index is 11.9. The summed E-state index contributed by atoms with van der Waals surface area (Å²) in [5.74, 6) is -0.556. The van der Waals surface area contributed by atoms with E-state index in [0.717, 1.165) is 10.6 Å². The van der Waals surface area contributed by atoms with Crippen LogP contribution in [0.1, 0.15) is 16.1 Å². The zero-order valence-corrected chi connectivity index (χ0v) is 12.1. The van der Waals surface area contributed by atoms with Crippen molar-refractivity contribution in [2.24, 2.45) is 5.73 Å². The minimum atomic E-state index is -0.675. The van der Waals surface area contributed by atoms with Crippen LogP contribution in [0.15, 0.2) is 40.1 Å². The number of amides is 1. The van der Waals surface area contributed by atoms with E-state index < -0.39 is 18.5 Å². The van der Waals surface area contributed by atoms with Crippen LogP contribution in [0.3, 0.4) is 0 Å². The number of nitrogens with zero attached hydrogens (tertiary/aromatic N) is 1. The Hall–Kier alpha value is -1.86. The molecule has 20 heavy (non-hydrogen) atoms. The standard InChI is InChI=1S/C13H12N2O3S2/c14-12(16)5-18-13(17)10-3-1-2-4-11(10)20-7-9-6-19-8-15-9/h1-4,6,8H,5,7H2,(H2,14,16). The zero-order chi connectivity index (χ0) is 14.4. The summed E-state index contributed by atoms with van der Waals surface area (Å²) in [6.07, 6.45) is 0. The van der Waals surface area contributed by atoms with Crippen LogP contribution in [0.4, 0.5) is 0 Å². The average molecular weight is 308 g/mol. The van der Waals surface area contributed by atoms with Gasteiger partial charge in [-0.3, -0.25) is 4.79 Å². The van der Waals surface area contributed by atoms with E-state index in [-0.39, 0.29) is 0 Å². The van der Waals surface area contributed by atoms with Gasteiger partial charge in [-0.25, -0.2) is 9.78 Å². The zero-order valence-electron chi connectivity index (χ0n) is 10.4. The Labute approximate surface area is 124 Å². The lowest BCUT2D eigenvalue weighted by Gasteiger charge is -2.07. The van der Waals surface area contributed by atoms with E-state index in [1.807, 2.05) is 17.5 Å². The summed E-state index contributed by atoms with van der Waals surface area (Å²) in [6, 6.07) is 7.08. The first-order valence-corrected chi connectivity index (χ1v) is 7.64. The molecule has 0 spiro atoms. The highest BCUT2D eigenvalue weighted by molar-refractivity contribution is 7.98. The van der Waals surface area contributed by atoms with Gasteiger partial charge >= 0.3 is 5.97 Å². The van der Waals surface area contributed by atoms with Gasteiger partial charge in [0.15, 0.2) is 6.61 Å². The molecule has 0 aliphatic rings. The number of nitrogens with two attached hydrogens (primary N) is 1. The van der Waals surface area contributed by atoms with Gasteiger partial charge in [0.2, 0.25) is 0 Å². The minimum Gasteiger partial charge on any atom is -0.452 e. The Morgan fingerprint density at radius 2 is 2.15 bits per heavy atom. The molecule has 0 fully saturated rings. The van der Waals surface area contributed by atoms with E-state index in [1.54, 1.807) is 17.6 Å². The molecular formula is C13H12N2O3S2. The van der Waals surface area contributed by atoms with Crippen LogP contribution >= 0.6 is 23.1 Å². The van der Waals surface area contributed by atoms with Gasteiger partial charge in [0.1, 0.15) is 0 Å². The fraction of sp³-hybridized carbons (Fsp3) is 0.154. The van der Waals surface area contributed by atoms with Crippen molar-refractivity contribution < 1.29 is 14.3 Å². The monoisotopic (exact) mass is 308 g/mol. The van der Waals surface area contributed by atoms with E-state index in [9.17, 15) is 9.59 Å². The summed E-state index contributed by atoms with van der Waals surface area (Å²) >= 11 is 3.02. The number of esters is 1. The number of rotatable bonds is 6. The molecule has 0 unspecified atom stereocenters. The third kappa shape index (κ3) is 4.07. The van der Waals surface area contributed by atoms with E-state index in [2.05, 4.69) is 4.98 Å². The molecule has 1 aromatic carbocycles. The number of aromatic nitrogens is 1. The highest BCUT2D eigenvalue weighted by Crippen LogP contribution is 2.26. The maximum Gasteiger partial charge on any atom is 0.339 e. The van der Waals surface area contributed by atoms with Crippen molar-refractivity contribution in [2.75, 3.05) is 6.61 Å². The molecule has 104 valence electrons. The third-order valence-electron chi connectivity index (χ3n) is 2.31. The number of ether oxygens (including phenoxy) is 1. The second kappa shape index (κ2) is 7.06. The van der Waals surface area contributed by atoms with Crippen LogP contribution in [0, 0.1) is 0 Å². The fourth-order valence-corrected chi connectivity index (χ4v) is 3.04. The predicted octanol–water partition coefficient (Wildman–Crippen LogP) is 2.08. The van der Waals surface area contributed by atoms with E-state index in [1.165, 1.54) is 23.1 Å². The van der Waals surface area contributed by atoms with E-state index in [4.69, 9.17) is 10.5 Å². The Bertz CT molecular complexity index is 599. The van der Waals surface area contributed by atoms with Gasteiger partial charge in [-0.2, -0.15) is 0 Å². The number of carbonyl (C=O) groups is 2. The fourth-order valence-electron chi connectivity index (χ4n) is 1.44. The van der Waals surface area contributed by atoms with Crippen LogP contribution < -0.4 is 5.73 Å². The van der Waals surface area contributed by atoms with Crippen molar-refractivity contribution in [3.8, 4) is 0 Å². The molecule has 0 aliphatic heterocycles. The maximum atomic E-state index is 11.9. The van der Waals surface area contributed by atoms with Gasteiger partial charge in [-0.1, -0.05) is 12.1 Å². The summed E-state index contributed by atoms with van der Waals surface area (Å²) in [5.41, 5.74) is 8.10. The molecule has 0 radical (unpaired) electrons. The van der Waals surface area contributed by atoms with Gasteiger partial charge < -0.3 is 10.5 Å². The molecule has 0 aliphatic carbocycles. The number of benzene rings is 1. The highest BCUT2D eigenvalue weighted by atomic mass is 32.2. The molecule has 5 nitrogen and oxygen atoms in total. The molecule has 1 heterocycles. The molecule has 0 bridgehead atoms. The Morgan fingerprint density at radius 3 is 2.85 bits per heavy atom. The Kier molecular flexibility index (Phi) is 5.14. The topological polar surface area (TPSA) is 82.3 Å². The third-order valence-corrected chi connectivity index (χ3v) is 4.05. The van der Waals surface area contributed by atoms with Crippen LogP contribution in [0.25, 0.3) is 0 Å². The first-order chi connectivity index (χ1) is 9.66. The van der Waals surface area contributed by atoms with Crippen molar-refractivity contribution >= 4 is 35.0 Å². The molecular weight excluding hydrogens is 296 g/mol. The summed E-state index contributed by atoms with van der Waals surface area (Å²) in [6.45, 7) is -0.413. The summed E-state index contributed by atoms with van der Waals surface area (Å²) in [4.78, 5) is 27.5. The van der Waals surface area contributed by atoms with Gasteiger partial charge in [0.25, 0.3) is 5.91 Å². The smallest absolute Gasteiger partial charge is 0.339 e. The average Bonchev–Trinajstić information content (AvgIpc) is 2.96. The van der Waals surface area contributed by atoms with Crippen molar-refractivity contribution in [1.29, 1.82) is 0 Å². The van der Waals surface area contributed by atoms with Crippen LogP contribution in [0.2, 0.25) is 0 Å². The summed E-state index contributed by atoms with van der Waals surface area (Å²) in [7, 11) is 0. The van der Waals surface area contributed by atoms with Gasteiger partial charge in [0.05, 0.1) is 16.8 Å². The number of carbonyl (C=O) groups excluding carboxylic acids is 2. The van der Waals surface area contributed by atoms with E-state index in [0.29, 0.717) is 11.3 Å². The lowest BCUT2D eigenvalue weighted by molar-refractivity contribution is -0.121. The number of hydrogen-bond donors (Lipinski definition) is 1. The lowest BCUT2D eigenvalue weighted by Crippen LogP contribution is -2.21.